The Morgan fingerprint density at radius 3 is 2.96 bits per heavy atom. The normalized spacial score (nSPS) is 11.6. The lowest BCUT2D eigenvalue weighted by Crippen LogP contribution is -1.87. The Hall–Kier alpha value is -1.63. The lowest BCUT2D eigenvalue weighted by Gasteiger charge is -2.01. The number of hydrogen-bond donors (Lipinski definition) is 0. The second-order valence-corrected chi connectivity index (χ2v) is 7.88. The number of hydrogen-bond acceptors (Lipinski definition) is 5. The van der Waals surface area contributed by atoms with Crippen LogP contribution in [0.25, 0.3) is 15.9 Å². The van der Waals surface area contributed by atoms with E-state index in [2.05, 4.69) is 28.8 Å². The zero-order chi connectivity index (χ0) is 16.0. The molecule has 0 saturated carbocycles. The lowest BCUT2D eigenvalue weighted by atomic mass is 10.2. The zero-order valence-corrected chi connectivity index (χ0v) is 15.0. The van der Waals surface area contributed by atoms with Crippen LogP contribution in [0.1, 0.15) is 16.1 Å². The molecule has 4 heterocycles. The predicted molar refractivity (Wildman–Crippen MR) is 96.7 cm³/mol. The quantitative estimate of drug-likeness (QED) is 0.385. The molecule has 7 heteroatoms. The summed E-state index contributed by atoms with van der Waals surface area (Å²) in [6.07, 6.45) is 5.52. The van der Waals surface area contributed by atoms with Crippen LogP contribution < -0.4 is 0 Å². The third kappa shape index (κ3) is 2.71. The van der Waals surface area contributed by atoms with Gasteiger partial charge in [-0.2, -0.15) is 0 Å². The van der Waals surface area contributed by atoms with Crippen molar-refractivity contribution in [3.05, 3.63) is 52.0 Å². The average Bonchev–Trinajstić information content (AvgIpc) is 3.06. The van der Waals surface area contributed by atoms with Crippen molar-refractivity contribution >= 4 is 50.6 Å². The van der Waals surface area contributed by atoms with E-state index in [1.165, 1.54) is 15.8 Å². The van der Waals surface area contributed by atoms with Crippen molar-refractivity contribution in [2.75, 3.05) is 0 Å². The molecule has 4 aromatic rings. The first-order chi connectivity index (χ1) is 11.1. The van der Waals surface area contributed by atoms with Gasteiger partial charge in [0.05, 0.1) is 10.7 Å². The summed E-state index contributed by atoms with van der Waals surface area (Å²) >= 11 is 9.43. The van der Waals surface area contributed by atoms with E-state index >= 15 is 0 Å². The second-order valence-electron chi connectivity index (χ2n) is 5.28. The van der Waals surface area contributed by atoms with E-state index in [1.54, 1.807) is 29.4 Å². The van der Waals surface area contributed by atoms with Gasteiger partial charge in [0.1, 0.15) is 21.8 Å². The maximum atomic E-state index is 6.02. The molecule has 0 atom stereocenters. The first-order valence-electron chi connectivity index (χ1n) is 7.08. The fraction of sp³-hybridized carbons (Fsp3) is 0.188. The maximum Gasteiger partial charge on any atom is 0.137 e. The van der Waals surface area contributed by atoms with Crippen molar-refractivity contribution in [2.45, 2.75) is 24.6 Å². The Morgan fingerprint density at radius 1 is 1.22 bits per heavy atom. The van der Waals surface area contributed by atoms with Crippen LogP contribution in [-0.2, 0) is 5.75 Å². The standard InChI is InChI=1S/C16H13ClN4S2/c1-9-10(2)23-16-14(9)15(18-8-19-16)22-7-12-6-21-5-11(17)3-4-13(21)20-12/h3-6,8H,7H2,1-2H3. The molecular formula is C16H13ClN4S2. The van der Waals surface area contributed by atoms with Gasteiger partial charge in [0.25, 0.3) is 0 Å². The monoisotopic (exact) mass is 360 g/mol. The number of thioether (sulfide) groups is 1. The molecule has 116 valence electrons. The van der Waals surface area contributed by atoms with Gasteiger partial charge >= 0.3 is 0 Å². The van der Waals surface area contributed by atoms with Crippen molar-refractivity contribution < 1.29 is 0 Å². The minimum absolute atomic E-state index is 0.705. The zero-order valence-electron chi connectivity index (χ0n) is 12.6. The molecule has 0 spiro atoms. The van der Waals surface area contributed by atoms with Gasteiger partial charge in [0, 0.05) is 28.4 Å². The summed E-state index contributed by atoms with van der Waals surface area (Å²) in [5.41, 5.74) is 3.18. The van der Waals surface area contributed by atoms with E-state index in [0.29, 0.717) is 5.02 Å². The van der Waals surface area contributed by atoms with Crippen LogP contribution in [0, 0.1) is 13.8 Å². The topological polar surface area (TPSA) is 43.1 Å². The molecule has 0 amide bonds. The molecule has 0 N–H and O–H groups in total. The fourth-order valence-corrected chi connectivity index (χ4v) is 4.66. The van der Waals surface area contributed by atoms with E-state index < -0.39 is 0 Å². The van der Waals surface area contributed by atoms with Crippen molar-refractivity contribution in [3.8, 4) is 0 Å². The number of thiophene rings is 1. The Morgan fingerprint density at radius 2 is 2.09 bits per heavy atom. The number of aromatic nitrogens is 4. The third-order valence-electron chi connectivity index (χ3n) is 3.75. The molecule has 0 saturated heterocycles. The van der Waals surface area contributed by atoms with Gasteiger partial charge < -0.3 is 4.40 Å². The summed E-state index contributed by atoms with van der Waals surface area (Å²) in [6, 6.07) is 3.78. The van der Waals surface area contributed by atoms with Crippen LogP contribution in [0.15, 0.2) is 35.9 Å². The van der Waals surface area contributed by atoms with Crippen LogP contribution in [0.3, 0.4) is 0 Å². The highest BCUT2D eigenvalue weighted by atomic mass is 35.5. The largest absolute Gasteiger partial charge is 0.305 e. The number of aryl methyl sites for hydroxylation is 2. The highest BCUT2D eigenvalue weighted by Crippen LogP contribution is 2.35. The van der Waals surface area contributed by atoms with E-state index in [4.69, 9.17) is 11.6 Å². The average molecular weight is 361 g/mol. The summed E-state index contributed by atoms with van der Waals surface area (Å²) in [5, 5.41) is 2.90. The minimum Gasteiger partial charge on any atom is -0.305 e. The lowest BCUT2D eigenvalue weighted by molar-refractivity contribution is 1.10. The summed E-state index contributed by atoms with van der Waals surface area (Å²) < 4.78 is 1.95. The van der Waals surface area contributed by atoms with Gasteiger partial charge in [0.15, 0.2) is 0 Å². The van der Waals surface area contributed by atoms with Gasteiger partial charge in [-0.05, 0) is 31.5 Å². The van der Waals surface area contributed by atoms with Crippen LogP contribution in [0.4, 0.5) is 0 Å². The van der Waals surface area contributed by atoms with Crippen LogP contribution in [0.2, 0.25) is 5.02 Å². The molecule has 0 aliphatic heterocycles. The summed E-state index contributed by atoms with van der Waals surface area (Å²) in [6.45, 7) is 4.26. The smallest absolute Gasteiger partial charge is 0.137 e. The van der Waals surface area contributed by atoms with Crippen molar-refractivity contribution in [1.29, 1.82) is 0 Å². The van der Waals surface area contributed by atoms with E-state index in [0.717, 1.165) is 27.0 Å². The molecule has 4 rings (SSSR count). The minimum atomic E-state index is 0.705. The van der Waals surface area contributed by atoms with Crippen LogP contribution in [-0.4, -0.2) is 19.4 Å². The van der Waals surface area contributed by atoms with Gasteiger partial charge in [-0.3, -0.25) is 0 Å². The van der Waals surface area contributed by atoms with Crippen molar-refractivity contribution in [2.24, 2.45) is 0 Å². The summed E-state index contributed by atoms with van der Waals surface area (Å²) in [5.74, 6) is 0.764. The molecule has 0 aliphatic rings. The van der Waals surface area contributed by atoms with Gasteiger partial charge in [0.2, 0.25) is 0 Å². The number of imidazole rings is 1. The third-order valence-corrected chi connectivity index (χ3v) is 6.11. The summed E-state index contributed by atoms with van der Waals surface area (Å²) in [7, 11) is 0. The Kier molecular flexibility index (Phi) is 3.75. The van der Waals surface area contributed by atoms with Gasteiger partial charge in [-0.15, -0.1) is 11.3 Å². The molecule has 0 bridgehead atoms. The first kappa shape index (κ1) is 14.9. The van der Waals surface area contributed by atoms with Gasteiger partial charge in [-0.25, -0.2) is 15.0 Å². The molecule has 4 aromatic heterocycles. The Balaban J connectivity index is 1.65. The number of fused-ring (bicyclic) bond motifs is 2. The van der Waals surface area contributed by atoms with Crippen molar-refractivity contribution in [3.63, 3.8) is 0 Å². The highest BCUT2D eigenvalue weighted by Gasteiger charge is 2.13. The molecule has 0 unspecified atom stereocenters. The van der Waals surface area contributed by atoms with Crippen molar-refractivity contribution in [1.82, 2.24) is 19.4 Å². The van der Waals surface area contributed by atoms with E-state index in [-0.39, 0.29) is 0 Å². The summed E-state index contributed by atoms with van der Waals surface area (Å²) in [4.78, 5) is 15.8. The van der Waals surface area contributed by atoms with Gasteiger partial charge in [-0.1, -0.05) is 23.4 Å². The molecule has 23 heavy (non-hydrogen) atoms. The number of nitrogens with zero attached hydrogens (tertiary/aromatic N) is 4. The number of rotatable bonds is 3. The predicted octanol–water partition coefficient (Wildman–Crippen LogP) is 4.90. The SMILES string of the molecule is Cc1sc2ncnc(SCc3cn4cc(Cl)ccc4n3)c2c1C. The second kappa shape index (κ2) is 5.78. The van der Waals surface area contributed by atoms with Crippen LogP contribution >= 0.6 is 34.7 Å². The number of halogens is 1. The fourth-order valence-electron chi connectivity index (χ4n) is 2.49. The molecule has 4 nitrogen and oxygen atoms in total. The Labute approximate surface area is 146 Å². The Bertz CT molecular complexity index is 1020. The van der Waals surface area contributed by atoms with E-state index in [9.17, 15) is 0 Å². The molecule has 0 fully saturated rings. The molecule has 0 radical (unpaired) electrons. The molecule has 0 aromatic carbocycles. The molecule has 0 aliphatic carbocycles. The highest BCUT2D eigenvalue weighted by molar-refractivity contribution is 7.98. The molecular weight excluding hydrogens is 348 g/mol. The first-order valence-corrected chi connectivity index (χ1v) is 9.26. The van der Waals surface area contributed by atoms with Crippen LogP contribution in [0.5, 0.6) is 0 Å². The maximum absolute atomic E-state index is 6.02. The number of pyridine rings is 1. The van der Waals surface area contributed by atoms with E-state index in [1.807, 2.05) is 28.9 Å².